The lowest BCUT2D eigenvalue weighted by molar-refractivity contribution is -0.123. The van der Waals surface area contributed by atoms with Gasteiger partial charge in [0.2, 0.25) is 0 Å². The van der Waals surface area contributed by atoms with E-state index in [1.807, 2.05) is 24.3 Å². The van der Waals surface area contributed by atoms with Crippen molar-refractivity contribution in [1.82, 2.24) is 16.2 Å². The summed E-state index contributed by atoms with van der Waals surface area (Å²) in [6.07, 6.45) is 0.968. The van der Waals surface area contributed by atoms with Gasteiger partial charge >= 0.3 is 0 Å². The zero-order valence-electron chi connectivity index (χ0n) is 17.0. The van der Waals surface area contributed by atoms with Crippen LogP contribution in [0, 0.1) is 3.57 Å². The van der Waals surface area contributed by atoms with Crippen LogP contribution in [0.5, 0.6) is 11.5 Å². The quantitative estimate of drug-likeness (QED) is 0.283. The second-order valence-corrected chi connectivity index (χ2v) is 8.01. The standard InChI is InChI=1S/C21H24IN3O4S/c1-4-13(2)15-7-5-6-8-17(15)29-12-19(26)24-25-21(30)23-20(27)14-9-10-18(28-3)16(22)11-14/h5-11,13H,4,12H2,1-3H3,(H,24,26)(H2,23,25,27,30). The summed E-state index contributed by atoms with van der Waals surface area (Å²) in [5.41, 5.74) is 6.38. The van der Waals surface area contributed by atoms with Gasteiger partial charge in [-0.15, -0.1) is 0 Å². The zero-order valence-corrected chi connectivity index (χ0v) is 19.9. The Bertz CT molecular complexity index is 923. The Balaban J connectivity index is 1.82. The fourth-order valence-corrected chi connectivity index (χ4v) is 3.44. The van der Waals surface area contributed by atoms with Gasteiger partial charge in [-0.2, -0.15) is 0 Å². The summed E-state index contributed by atoms with van der Waals surface area (Å²) in [5.74, 6) is 0.846. The minimum absolute atomic E-state index is 0.0285. The molecule has 7 nitrogen and oxygen atoms in total. The topological polar surface area (TPSA) is 88.7 Å². The smallest absolute Gasteiger partial charge is 0.276 e. The Morgan fingerprint density at radius 2 is 1.87 bits per heavy atom. The molecule has 1 atom stereocenters. The Morgan fingerprint density at radius 3 is 2.53 bits per heavy atom. The summed E-state index contributed by atoms with van der Waals surface area (Å²) in [5, 5.41) is 2.47. The van der Waals surface area contributed by atoms with Crippen molar-refractivity contribution in [2.24, 2.45) is 0 Å². The molecule has 3 N–H and O–H groups in total. The summed E-state index contributed by atoms with van der Waals surface area (Å²) in [7, 11) is 1.56. The molecule has 0 fully saturated rings. The minimum Gasteiger partial charge on any atom is -0.496 e. The molecule has 0 aromatic heterocycles. The van der Waals surface area contributed by atoms with Crippen LogP contribution >= 0.6 is 34.8 Å². The second-order valence-electron chi connectivity index (χ2n) is 6.44. The van der Waals surface area contributed by atoms with Gasteiger partial charge in [-0.05, 0) is 77.0 Å². The predicted molar refractivity (Wildman–Crippen MR) is 128 cm³/mol. The lowest BCUT2D eigenvalue weighted by Crippen LogP contribution is -2.49. The summed E-state index contributed by atoms with van der Waals surface area (Å²) in [4.78, 5) is 24.3. The highest BCUT2D eigenvalue weighted by Gasteiger charge is 2.13. The molecular formula is C21H24IN3O4S. The van der Waals surface area contributed by atoms with E-state index in [0.29, 0.717) is 23.0 Å². The first-order valence-corrected chi connectivity index (χ1v) is 10.8. The number of nitrogens with one attached hydrogen (secondary N) is 3. The van der Waals surface area contributed by atoms with Gasteiger partial charge in [0.1, 0.15) is 11.5 Å². The summed E-state index contributed by atoms with van der Waals surface area (Å²) >= 11 is 7.13. The number of hydrazine groups is 1. The summed E-state index contributed by atoms with van der Waals surface area (Å²) in [6.45, 7) is 4.02. The SMILES string of the molecule is CCC(C)c1ccccc1OCC(=O)NNC(=S)NC(=O)c1ccc(OC)c(I)c1. The number of ether oxygens (including phenoxy) is 2. The number of thiocarbonyl (C=S) groups is 1. The maximum atomic E-state index is 12.3. The molecule has 2 aromatic carbocycles. The molecule has 0 spiro atoms. The minimum atomic E-state index is -0.426. The first-order valence-electron chi connectivity index (χ1n) is 9.31. The number of hydrogen-bond acceptors (Lipinski definition) is 5. The highest BCUT2D eigenvalue weighted by Crippen LogP contribution is 2.28. The van der Waals surface area contributed by atoms with Gasteiger partial charge in [-0.25, -0.2) is 0 Å². The van der Waals surface area contributed by atoms with Gasteiger partial charge in [0.05, 0.1) is 10.7 Å². The van der Waals surface area contributed by atoms with Gasteiger partial charge in [-0.1, -0.05) is 32.0 Å². The summed E-state index contributed by atoms with van der Waals surface area (Å²) in [6, 6.07) is 12.6. The first-order chi connectivity index (χ1) is 14.3. The number of amides is 2. The molecule has 2 rings (SSSR count). The van der Waals surface area contributed by atoms with Crippen molar-refractivity contribution in [3.05, 3.63) is 57.2 Å². The number of halogens is 1. The maximum absolute atomic E-state index is 12.3. The van der Waals surface area contributed by atoms with Crippen LogP contribution in [-0.2, 0) is 4.79 Å². The Morgan fingerprint density at radius 1 is 1.13 bits per heavy atom. The molecule has 0 saturated carbocycles. The van der Waals surface area contributed by atoms with Crippen LogP contribution in [0.25, 0.3) is 0 Å². The van der Waals surface area contributed by atoms with Crippen LogP contribution in [-0.4, -0.2) is 30.6 Å². The molecule has 2 amide bonds. The van der Waals surface area contributed by atoms with Crippen LogP contribution in [0.15, 0.2) is 42.5 Å². The van der Waals surface area contributed by atoms with Crippen LogP contribution < -0.4 is 25.6 Å². The van der Waals surface area contributed by atoms with Crippen molar-refractivity contribution >= 4 is 51.7 Å². The first kappa shape index (κ1) is 23.9. The van der Waals surface area contributed by atoms with Gasteiger partial charge in [0, 0.05) is 5.56 Å². The van der Waals surface area contributed by atoms with Crippen molar-refractivity contribution in [2.75, 3.05) is 13.7 Å². The molecule has 0 aliphatic carbocycles. The van der Waals surface area contributed by atoms with E-state index in [0.717, 1.165) is 15.6 Å². The van der Waals surface area contributed by atoms with E-state index in [-0.39, 0.29) is 11.7 Å². The number of rotatable bonds is 7. The van der Waals surface area contributed by atoms with Crippen LogP contribution in [0.3, 0.4) is 0 Å². The van der Waals surface area contributed by atoms with E-state index < -0.39 is 11.8 Å². The fraction of sp³-hybridized carbons (Fsp3) is 0.286. The number of carbonyl (C=O) groups excluding carboxylic acids is 2. The molecular weight excluding hydrogens is 517 g/mol. The fourth-order valence-electron chi connectivity index (χ4n) is 2.56. The summed E-state index contributed by atoms with van der Waals surface area (Å²) < 4.78 is 11.6. The van der Waals surface area contributed by atoms with E-state index in [1.165, 1.54) is 0 Å². The average molecular weight is 541 g/mol. The third-order valence-electron chi connectivity index (χ3n) is 4.38. The highest BCUT2D eigenvalue weighted by atomic mass is 127. The molecule has 30 heavy (non-hydrogen) atoms. The van der Waals surface area contributed by atoms with Crippen molar-refractivity contribution in [3.8, 4) is 11.5 Å². The van der Waals surface area contributed by atoms with Crippen LogP contribution in [0.2, 0.25) is 0 Å². The van der Waals surface area contributed by atoms with E-state index in [1.54, 1.807) is 25.3 Å². The Labute approximate surface area is 195 Å². The van der Waals surface area contributed by atoms with Gasteiger partial charge in [0.25, 0.3) is 11.8 Å². The Kier molecular flexibility index (Phi) is 9.31. The number of para-hydroxylation sites is 1. The molecule has 0 saturated heterocycles. The number of methoxy groups -OCH3 is 1. The number of hydrogen-bond donors (Lipinski definition) is 3. The number of benzene rings is 2. The van der Waals surface area contributed by atoms with Crippen molar-refractivity contribution in [2.45, 2.75) is 26.2 Å². The lowest BCUT2D eigenvalue weighted by atomic mass is 9.98. The second kappa shape index (κ2) is 11.7. The average Bonchev–Trinajstić information content (AvgIpc) is 2.75. The molecule has 1 unspecified atom stereocenters. The monoisotopic (exact) mass is 541 g/mol. The molecule has 0 aliphatic heterocycles. The maximum Gasteiger partial charge on any atom is 0.276 e. The van der Waals surface area contributed by atoms with Crippen molar-refractivity contribution in [1.29, 1.82) is 0 Å². The lowest BCUT2D eigenvalue weighted by Gasteiger charge is -2.16. The molecule has 0 radical (unpaired) electrons. The van der Waals surface area contributed by atoms with Crippen molar-refractivity contribution in [3.63, 3.8) is 0 Å². The number of carbonyl (C=O) groups is 2. The van der Waals surface area contributed by atoms with E-state index in [4.69, 9.17) is 21.7 Å². The molecule has 2 aromatic rings. The third-order valence-corrected chi connectivity index (χ3v) is 5.42. The van der Waals surface area contributed by atoms with Crippen LogP contribution in [0.1, 0.15) is 42.1 Å². The molecule has 0 heterocycles. The van der Waals surface area contributed by atoms with Crippen LogP contribution in [0.4, 0.5) is 0 Å². The highest BCUT2D eigenvalue weighted by molar-refractivity contribution is 14.1. The van der Waals surface area contributed by atoms with Gasteiger partial charge in [-0.3, -0.25) is 25.8 Å². The largest absolute Gasteiger partial charge is 0.496 e. The van der Waals surface area contributed by atoms with E-state index >= 15 is 0 Å². The molecule has 9 heteroatoms. The molecule has 0 aliphatic rings. The predicted octanol–water partition coefficient (Wildman–Crippen LogP) is 3.53. The molecule has 160 valence electrons. The third kappa shape index (κ3) is 6.84. The van der Waals surface area contributed by atoms with E-state index in [9.17, 15) is 9.59 Å². The zero-order chi connectivity index (χ0) is 22.1. The van der Waals surface area contributed by atoms with Gasteiger partial charge in [0.15, 0.2) is 11.7 Å². The van der Waals surface area contributed by atoms with Crippen molar-refractivity contribution < 1.29 is 19.1 Å². The Hall–Kier alpha value is -2.40. The normalized spacial score (nSPS) is 11.2. The van der Waals surface area contributed by atoms with E-state index in [2.05, 4.69) is 52.6 Å². The van der Waals surface area contributed by atoms with Gasteiger partial charge < -0.3 is 9.47 Å². The molecule has 0 bridgehead atoms.